The molecule has 1 aromatic heterocycles. The van der Waals surface area contributed by atoms with Gasteiger partial charge in [0.15, 0.2) is 0 Å². The van der Waals surface area contributed by atoms with E-state index in [4.69, 9.17) is 4.74 Å². The molecule has 1 saturated carbocycles. The number of methoxy groups -OCH3 is 1. The predicted molar refractivity (Wildman–Crippen MR) is 123 cm³/mol. The Labute approximate surface area is 188 Å². The van der Waals surface area contributed by atoms with Crippen LogP contribution >= 0.6 is 0 Å². The Hall–Kier alpha value is -3.13. The molecule has 0 saturated heterocycles. The Morgan fingerprint density at radius 2 is 1.81 bits per heavy atom. The molecule has 2 N–H and O–H groups in total. The summed E-state index contributed by atoms with van der Waals surface area (Å²) < 4.78 is 33.0. The van der Waals surface area contributed by atoms with Crippen LogP contribution in [0.2, 0.25) is 0 Å². The first-order chi connectivity index (χ1) is 15.4. The minimum atomic E-state index is -3.86. The fraction of sp³-hybridized carbons (Fsp3) is 0.333. The summed E-state index contributed by atoms with van der Waals surface area (Å²) in [5.74, 6) is 0.747. The lowest BCUT2D eigenvalue weighted by atomic mass is 9.87. The number of hydrogen-bond donors (Lipinski definition) is 2. The molecule has 168 valence electrons. The van der Waals surface area contributed by atoms with E-state index in [9.17, 15) is 13.2 Å². The highest BCUT2D eigenvalue weighted by Crippen LogP contribution is 2.32. The highest BCUT2D eigenvalue weighted by molar-refractivity contribution is 7.92. The van der Waals surface area contributed by atoms with Gasteiger partial charge >= 0.3 is 5.97 Å². The number of hydrogen-bond acceptors (Lipinski definition) is 5. The van der Waals surface area contributed by atoms with Gasteiger partial charge in [0.1, 0.15) is 5.82 Å². The van der Waals surface area contributed by atoms with Crippen LogP contribution in [0.3, 0.4) is 0 Å². The van der Waals surface area contributed by atoms with Crippen molar-refractivity contribution < 1.29 is 17.9 Å². The second-order valence-electron chi connectivity index (χ2n) is 8.17. The summed E-state index contributed by atoms with van der Waals surface area (Å²) >= 11 is 0. The molecule has 8 heteroatoms. The summed E-state index contributed by atoms with van der Waals surface area (Å²) in [5.41, 5.74) is 3.35. The maximum Gasteiger partial charge on any atom is 0.338 e. The van der Waals surface area contributed by atoms with Crippen LogP contribution in [-0.4, -0.2) is 31.5 Å². The van der Waals surface area contributed by atoms with Crippen molar-refractivity contribution in [3.05, 3.63) is 65.5 Å². The first-order valence-corrected chi connectivity index (χ1v) is 12.2. The number of esters is 1. The summed E-state index contributed by atoms with van der Waals surface area (Å²) in [5, 5.41) is 0. The third-order valence-electron chi connectivity index (χ3n) is 5.98. The summed E-state index contributed by atoms with van der Waals surface area (Å²) in [6.45, 7) is 1.73. The van der Waals surface area contributed by atoms with Gasteiger partial charge in [-0.05, 0) is 61.7 Å². The van der Waals surface area contributed by atoms with Crippen LogP contribution in [0.5, 0.6) is 0 Å². The second-order valence-corrected chi connectivity index (χ2v) is 9.86. The molecular formula is C24H27N3O4S. The number of anilines is 1. The zero-order valence-electron chi connectivity index (χ0n) is 18.2. The van der Waals surface area contributed by atoms with Gasteiger partial charge in [-0.25, -0.2) is 18.2 Å². The molecule has 0 atom stereocenters. The van der Waals surface area contributed by atoms with Gasteiger partial charge in [-0.15, -0.1) is 0 Å². The van der Waals surface area contributed by atoms with E-state index in [0.717, 1.165) is 11.4 Å². The van der Waals surface area contributed by atoms with Crippen LogP contribution in [0.15, 0.2) is 53.6 Å². The topological polar surface area (TPSA) is 101 Å². The number of carbonyl (C=O) groups is 1. The number of aromatic nitrogens is 2. The molecule has 1 heterocycles. The van der Waals surface area contributed by atoms with Crippen LogP contribution < -0.4 is 4.72 Å². The Bertz CT molecular complexity index is 1210. The molecule has 2 aromatic carbocycles. The third-order valence-corrected chi connectivity index (χ3v) is 7.35. The van der Waals surface area contributed by atoms with Crippen molar-refractivity contribution in [2.24, 2.45) is 0 Å². The monoisotopic (exact) mass is 453 g/mol. The van der Waals surface area contributed by atoms with Crippen LogP contribution in [0.25, 0.3) is 11.4 Å². The quantitative estimate of drug-likeness (QED) is 0.510. The molecule has 0 spiro atoms. The highest BCUT2D eigenvalue weighted by Gasteiger charge is 2.20. The number of carbonyl (C=O) groups excluding carboxylic acids is 1. The minimum absolute atomic E-state index is 0.00395. The van der Waals surface area contributed by atoms with Crippen molar-refractivity contribution in [3.63, 3.8) is 0 Å². The Kier molecular flexibility index (Phi) is 6.32. The number of benzene rings is 2. The number of rotatable bonds is 6. The number of H-pyrrole nitrogens is 1. The summed E-state index contributed by atoms with van der Waals surface area (Å²) in [6, 6.07) is 11.4. The fourth-order valence-electron chi connectivity index (χ4n) is 4.11. The van der Waals surface area contributed by atoms with Gasteiger partial charge in [0, 0.05) is 29.1 Å². The lowest BCUT2D eigenvalue weighted by Gasteiger charge is -2.19. The Balaban J connectivity index is 1.50. The Morgan fingerprint density at radius 3 is 2.50 bits per heavy atom. The van der Waals surface area contributed by atoms with Crippen LogP contribution in [0.1, 0.15) is 59.6 Å². The van der Waals surface area contributed by atoms with Gasteiger partial charge in [0.2, 0.25) is 0 Å². The molecule has 32 heavy (non-hydrogen) atoms. The first-order valence-electron chi connectivity index (χ1n) is 10.7. The predicted octanol–water partition coefficient (Wildman–Crippen LogP) is 5.02. The molecule has 1 aliphatic rings. The smallest absolute Gasteiger partial charge is 0.338 e. The molecule has 0 unspecified atom stereocenters. The molecule has 1 fully saturated rings. The number of nitrogens with zero attached hydrogens (tertiary/aromatic N) is 1. The number of aromatic amines is 1. The SMILES string of the molecule is COC(=O)c1cc(S(=O)(=O)Nc2ccc(-c3ncc(C4CCCCC4)[nH]3)cc2)ccc1C. The van der Waals surface area contributed by atoms with Crippen LogP contribution in [0, 0.1) is 6.92 Å². The van der Waals surface area contributed by atoms with E-state index in [0.29, 0.717) is 17.2 Å². The molecule has 0 aliphatic heterocycles. The summed E-state index contributed by atoms with van der Waals surface area (Å²) in [6.07, 6.45) is 8.13. The molecule has 7 nitrogen and oxygen atoms in total. The highest BCUT2D eigenvalue weighted by atomic mass is 32.2. The normalized spacial score (nSPS) is 14.8. The van der Waals surface area contributed by atoms with Gasteiger partial charge in [-0.1, -0.05) is 25.3 Å². The summed E-state index contributed by atoms with van der Waals surface area (Å²) in [7, 11) is -2.60. The van der Waals surface area contributed by atoms with E-state index < -0.39 is 16.0 Å². The van der Waals surface area contributed by atoms with E-state index in [2.05, 4.69) is 14.7 Å². The standard InChI is InChI=1S/C24H27N3O4S/c1-16-8-13-20(14-21(16)24(28)31-2)32(29,30)27-19-11-9-18(10-12-19)23-25-15-22(26-23)17-6-4-3-5-7-17/h8-15,17,27H,3-7H2,1-2H3,(H,25,26). The molecule has 0 bridgehead atoms. The molecular weight excluding hydrogens is 426 g/mol. The van der Waals surface area contributed by atoms with E-state index in [-0.39, 0.29) is 10.5 Å². The van der Waals surface area contributed by atoms with Crippen molar-refractivity contribution in [1.29, 1.82) is 0 Å². The molecule has 0 radical (unpaired) electrons. The molecule has 3 aromatic rings. The number of imidazole rings is 1. The van der Waals surface area contributed by atoms with Crippen molar-refractivity contribution in [1.82, 2.24) is 9.97 Å². The number of nitrogens with one attached hydrogen (secondary N) is 2. The minimum Gasteiger partial charge on any atom is -0.465 e. The average molecular weight is 454 g/mol. The maximum atomic E-state index is 12.8. The third kappa shape index (κ3) is 4.70. The first kappa shape index (κ1) is 22.1. The van der Waals surface area contributed by atoms with Gasteiger partial charge in [0.05, 0.1) is 17.6 Å². The van der Waals surface area contributed by atoms with Gasteiger partial charge in [0.25, 0.3) is 10.0 Å². The largest absolute Gasteiger partial charge is 0.465 e. The van der Waals surface area contributed by atoms with E-state index in [1.165, 1.54) is 57.0 Å². The lowest BCUT2D eigenvalue weighted by molar-refractivity contribution is 0.0599. The number of aryl methyl sites for hydroxylation is 1. The van der Waals surface area contributed by atoms with Gasteiger partial charge in [-0.2, -0.15) is 0 Å². The van der Waals surface area contributed by atoms with E-state index in [1.807, 2.05) is 18.3 Å². The molecule has 1 aliphatic carbocycles. The Morgan fingerprint density at radius 1 is 1.09 bits per heavy atom. The van der Waals surface area contributed by atoms with Crippen molar-refractivity contribution in [2.45, 2.75) is 49.8 Å². The van der Waals surface area contributed by atoms with Gasteiger partial charge < -0.3 is 9.72 Å². The van der Waals surface area contributed by atoms with Crippen molar-refractivity contribution in [3.8, 4) is 11.4 Å². The number of sulfonamides is 1. The van der Waals surface area contributed by atoms with Crippen molar-refractivity contribution >= 4 is 21.7 Å². The molecule has 0 amide bonds. The van der Waals surface area contributed by atoms with Crippen LogP contribution in [0.4, 0.5) is 5.69 Å². The van der Waals surface area contributed by atoms with Crippen LogP contribution in [-0.2, 0) is 14.8 Å². The molecule has 4 rings (SSSR count). The fourth-order valence-corrected chi connectivity index (χ4v) is 5.20. The zero-order chi connectivity index (χ0) is 22.7. The zero-order valence-corrected chi connectivity index (χ0v) is 19.0. The van der Waals surface area contributed by atoms with Crippen molar-refractivity contribution in [2.75, 3.05) is 11.8 Å². The summed E-state index contributed by atoms with van der Waals surface area (Å²) in [4.78, 5) is 19.8. The number of ether oxygens (including phenoxy) is 1. The average Bonchev–Trinajstić information content (AvgIpc) is 3.30. The van der Waals surface area contributed by atoms with E-state index >= 15 is 0 Å². The van der Waals surface area contributed by atoms with Gasteiger partial charge in [-0.3, -0.25) is 4.72 Å². The second kappa shape index (κ2) is 9.16. The lowest BCUT2D eigenvalue weighted by Crippen LogP contribution is -2.14. The maximum absolute atomic E-state index is 12.8. The van der Waals surface area contributed by atoms with E-state index in [1.54, 1.807) is 25.1 Å².